The monoisotopic (exact) mass is 315 g/mol. The van der Waals surface area contributed by atoms with E-state index in [1.165, 1.54) is 5.56 Å². The van der Waals surface area contributed by atoms with Crippen LogP contribution < -0.4 is 9.62 Å². The summed E-state index contributed by atoms with van der Waals surface area (Å²) in [6.07, 6.45) is 0.797. The van der Waals surface area contributed by atoms with Crippen molar-refractivity contribution < 1.29 is 14.5 Å². The van der Waals surface area contributed by atoms with E-state index in [1.807, 2.05) is 40.7 Å². The van der Waals surface area contributed by atoms with Crippen molar-refractivity contribution >= 4 is 0 Å². The van der Waals surface area contributed by atoms with Crippen LogP contribution >= 0.6 is 0 Å². The highest BCUT2D eigenvalue weighted by Crippen LogP contribution is 2.34. The lowest BCUT2D eigenvalue weighted by molar-refractivity contribution is -0.202. The van der Waals surface area contributed by atoms with Gasteiger partial charge < -0.3 is 9.62 Å². The molecule has 1 aromatic heterocycles. The van der Waals surface area contributed by atoms with Crippen molar-refractivity contribution in [2.24, 2.45) is 0 Å². The van der Waals surface area contributed by atoms with Crippen molar-refractivity contribution in [1.29, 1.82) is 0 Å². The quantitative estimate of drug-likeness (QED) is 0.555. The number of benzene rings is 1. The average Bonchev–Trinajstić information content (AvgIpc) is 2.50. The minimum atomic E-state index is 0.482. The lowest BCUT2D eigenvalue weighted by Crippen LogP contribution is -2.03. The van der Waals surface area contributed by atoms with Crippen molar-refractivity contribution in [3.05, 3.63) is 46.1 Å². The second-order valence-corrected chi connectivity index (χ2v) is 5.72. The van der Waals surface area contributed by atoms with Gasteiger partial charge in [0.25, 0.3) is 0 Å². The zero-order valence-corrected chi connectivity index (χ0v) is 14.8. The summed E-state index contributed by atoms with van der Waals surface area (Å²) in [5.74, 6) is 2.06. The number of aromatic nitrogens is 1. The number of pyridine rings is 1. The standard InChI is InChI=1S/C19H25NO3/c1-7-16-11-17(23-21-8-2)15(6)19(20-16)22-18-13(4)9-12(3)10-14(18)5/h9-11H,7-8H2,1-6H3. The molecule has 0 unspecified atom stereocenters. The van der Waals surface area contributed by atoms with Gasteiger partial charge in [-0.05, 0) is 52.2 Å². The minimum absolute atomic E-state index is 0.482. The Bertz CT molecular complexity index is 672. The molecule has 2 rings (SSSR count). The van der Waals surface area contributed by atoms with Crippen LogP contribution in [0.15, 0.2) is 18.2 Å². The first-order chi connectivity index (χ1) is 11.0. The van der Waals surface area contributed by atoms with Gasteiger partial charge >= 0.3 is 0 Å². The van der Waals surface area contributed by atoms with Gasteiger partial charge in [0.1, 0.15) is 5.75 Å². The molecule has 0 amide bonds. The van der Waals surface area contributed by atoms with E-state index in [2.05, 4.69) is 24.0 Å². The number of nitrogens with zero attached hydrogens (tertiary/aromatic N) is 1. The molecule has 4 heteroatoms. The molecule has 1 heterocycles. The van der Waals surface area contributed by atoms with Crippen molar-refractivity contribution in [2.45, 2.75) is 48.0 Å². The van der Waals surface area contributed by atoms with Crippen molar-refractivity contribution in [2.75, 3.05) is 6.61 Å². The molecule has 0 N–H and O–H groups in total. The van der Waals surface area contributed by atoms with E-state index in [0.717, 1.165) is 34.6 Å². The van der Waals surface area contributed by atoms with E-state index < -0.39 is 0 Å². The molecule has 0 spiro atoms. The van der Waals surface area contributed by atoms with E-state index in [-0.39, 0.29) is 0 Å². The first-order valence-corrected chi connectivity index (χ1v) is 8.01. The Labute approximate surface area is 138 Å². The highest BCUT2D eigenvalue weighted by Gasteiger charge is 2.15. The number of hydrogen-bond donors (Lipinski definition) is 0. The van der Waals surface area contributed by atoms with Crippen LogP contribution in [-0.4, -0.2) is 11.6 Å². The van der Waals surface area contributed by atoms with Gasteiger partial charge in [0.15, 0.2) is 5.75 Å². The van der Waals surface area contributed by atoms with Crippen LogP contribution in [-0.2, 0) is 11.3 Å². The SMILES string of the molecule is CCOOc1cc(CC)nc(Oc2c(C)cc(C)cc2C)c1C. The lowest BCUT2D eigenvalue weighted by Gasteiger charge is -2.16. The molecular formula is C19H25NO3. The van der Waals surface area contributed by atoms with E-state index in [9.17, 15) is 0 Å². The van der Waals surface area contributed by atoms with Crippen molar-refractivity contribution in [1.82, 2.24) is 4.98 Å². The fraction of sp³-hybridized carbons (Fsp3) is 0.421. The molecular weight excluding hydrogens is 290 g/mol. The van der Waals surface area contributed by atoms with Gasteiger partial charge in [0.05, 0.1) is 12.2 Å². The number of rotatable bonds is 6. The van der Waals surface area contributed by atoms with Gasteiger partial charge in [-0.25, -0.2) is 4.98 Å². The number of ether oxygens (including phenoxy) is 1. The van der Waals surface area contributed by atoms with Gasteiger partial charge in [-0.3, -0.25) is 0 Å². The summed E-state index contributed by atoms with van der Waals surface area (Å²) in [4.78, 5) is 15.1. The minimum Gasteiger partial charge on any atom is -0.438 e. The molecule has 0 aliphatic heterocycles. The van der Waals surface area contributed by atoms with Crippen LogP contribution in [0.3, 0.4) is 0 Å². The Balaban J connectivity index is 2.43. The summed E-state index contributed by atoms with van der Waals surface area (Å²) in [5, 5.41) is 0. The van der Waals surface area contributed by atoms with E-state index >= 15 is 0 Å². The van der Waals surface area contributed by atoms with E-state index in [0.29, 0.717) is 18.2 Å². The third kappa shape index (κ3) is 4.02. The molecule has 0 bridgehead atoms. The molecule has 0 aliphatic rings. The fourth-order valence-electron chi connectivity index (χ4n) is 2.53. The third-order valence-corrected chi connectivity index (χ3v) is 3.67. The molecule has 124 valence electrons. The summed E-state index contributed by atoms with van der Waals surface area (Å²) in [5.41, 5.74) is 5.15. The maximum Gasteiger partial charge on any atom is 0.226 e. The molecule has 0 radical (unpaired) electrons. The maximum atomic E-state index is 6.14. The van der Waals surface area contributed by atoms with Crippen LogP contribution in [0.2, 0.25) is 0 Å². The third-order valence-electron chi connectivity index (χ3n) is 3.67. The molecule has 2 aromatic rings. The topological polar surface area (TPSA) is 40.6 Å². The predicted octanol–water partition coefficient (Wildman–Crippen LogP) is 5.00. The first kappa shape index (κ1) is 17.3. The van der Waals surface area contributed by atoms with Gasteiger partial charge in [0, 0.05) is 11.8 Å². The second kappa shape index (κ2) is 7.47. The number of hydrogen-bond acceptors (Lipinski definition) is 4. The molecule has 4 nitrogen and oxygen atoms in total. The van der Waals surface area contributed by atoms with Crippen molar-refractivity contribution in [3.8, 4) is 17.4 Å². The molecule has 0 atom stereocenters. The maximum absolute atomic E-state index is 6.14. The van der Waals surface area contributed by atoms with E-state index in [4.69, 9.17) is 14.5 Å². The molecule has 0 fully saturated rings. The summed E-state index contributed by atoms with van der Waals surface area (Å²) in [7, 11) is 0. The van der Waals surface area contributed by atoms with Gasteiger partial charge in [-0.15, -0.1) is 0 Å². The van der Waals surface area contributed by atoms with E-state index in [1.54, 1.807) is 0 Å². The Morgan fingerprint density at radius 2 is 1.61 bits per heavy atom. The zero-order chi connectivity index (χ0) is 17.0. The van der Waals surface area contributed by atoms with Gasteiger partial charge in [0.2, 0.25) is 5.88 Å². The normalized spacial score (nSPS) is 10.7. The Morgan fingerprint density at radius 3 is 2.17 bits per heavy atom. The van der Waals surface area contributed by atoms with Crippen LogP contribution in [0.5, 0.6) is 17.4 Å². The molecule has 1 aromatic carbocycles. The number of aryl methyl sites for hydroxylation is 4. The lowest BCUT2D eigenvalue weighted by atomic mass is 10.1. The summed E-state index contributed by atoms with van der Waals surface area (Å²) in [6.45, 7) is 12.5. The highest BCUT2D eigenvalue weighted by atomic mass is 17.2. The molecule has 0 saturated carbocycles. The smallest absolute Gasteiger partial charge is 0.226 e. The summed E-state index contributed by atoms with van der Waals surface area (Å²) >= 11 is 0. The predicted molar refractivity (Wildman–Crippen MR) is 91.3 cm³/mol. The highest BCUT2D eigenvalue weighted by molar-refractivity contribution is 5.48. The first-order valence-electron chi connectivity index (χ1n) is 8.01. The van der Waals surface area contributed by atoms with Gasteiger partial charge in [-0.2, -0.15) is 4.89 Å². The zero-order valence-electron chi connectivity index (χ0n) is 14.8. The van der Waals surface area contributed by atoms with Crippen LogP contribution in [0, 0.1) is 27.7 Å². The molecule has 23 heavy (non-hydrogen) atoms. The second-order valence-electron chi connectivity index (χ2n) is 5.72. The largest absolute Gasteiger partial charge is 0.438 e. The summed E-state index contributed by atoms with van der Waals surface area (Å²) < 4.78 is 6.14. The molecule has 0 saturated heterocycles. The Hall–Kier alpha value is -2.07. The molecule has 0 aliphatic carbocycles. The Morgan fingerprint density at radius 1 is 0.957 bits per heavy atom. The van der Waals surface area contributed by atoms with Crippen LogP contribution in [0.4, 0.5) is 0 Å². The summed E-state index contributed by atoms with van der Waals surface area (Å²) in [6, 6.07) is 6.12. The Kier molecular flexibility index (Phi) is 5.61. The van der Waals surface area contributed by atoms with Crippen LogP contribution in [0.25, 0.3) is 0 Å². The van der Waals surface area contributed by atoms with Crippen molar-refractivity contribution in [3.63, 3.8) is 0 Å². The van der Waals surface area contributed by atoms with Gasteiger partial charge in [-0.1, -0.05) is 24.6 Å². The fourth-order valence-corrected chi connectivity index (χ4v) is 2.53. The van der Waals surface area contributed by atoms with Crippen LogP contribution in [0.1, 0.15) is 41.8 Å². The average molecular weight is 315 g/mol.